The molecule has 1 saturated heterocycles. The van der Waals surface area contributed by atoms with Crippen LogP contribution in [0.5, 0.6) is 0 Å². The van der Waals surface area contributed by atoms with Gasteiger partial charge in [0.15, 0.2) is 0 Å². The van der Waals surface area contributed by atoms with Crippen molar-refractivity contribution < 1.29 is 19.4 Å². The van der Waals surface area contributed by atoms with Crippen LogP contribution in [0, 0.1) is 0 Å². The molecule has 2 atom stereocenters. The maximum atomic E-state index is 13.8. The molecule has 2 N–H and O–H groups in total. The standard InChI is InChI=1S/C35H39N7O5/c1-21-19-47-20-22(2)42(21)33(44)24-8-9-31(37-16-24)38-28-14-25(17-39(3)34(28)45)26-10-11-36-32(27(26)18-43)41-13-12-40-29-7-5-4-6-23(29)15-30(40)35(41)46/h8-11,14-17,21-22,43H,4-7,12-13,18-20H2,1-3H3,(H,37,38)/t21-,22+. The van der Waals surface area contributed by atoms with Gasteiger partial charge >= 0.3 is 0 Å². The van der Waals surface area contributed by atoms with Gasteiger partial charge in [-0.2, -0.15) is 0 Å². The minimum atomic E-state index is -0.344. The van der Waals surface area contributed by atoms with Gasteiger partial charge in [0.05, 0.1) is 37.5 Å². The Hall–Kier alpha value is -4.81. The first-order valence-electron chi connectivity index (χ1n) is 16.2. The lowest BCUT2D eigenvalue weighted by molar-refractivity contribution is -0.0249. The van der Waals surface area contributed by atoms with Crippen molar-refractivity contribution >= 4 is 29.1 Å². The van der Waals surface area contributed by atoms with Crippen LogP contribution in [0.3, 0.4) is 0 Å². The normalized spacial score (nSPS) is 19.4. The van der Waals surface area contributed by atoms with Crippen LogP contribution in [0.25, 0.3) is 11.1 Å². The Balaban J connectivity index is 1.17. The zero-order chi connectivity index (χ0) is 32.8. The lowest BCUT2D eigenvalue weighted by atomic mass is 9.98. The first-order valence-corrected chi connectivity index (χ1v) is 16.2. The highest BCUT2D eigenvalue weighted by Crippen LogP contribution is 2.34. The predicted molar refractivity (Wildman–Crippen MR) is 177 cm³/mol. The molecule has 47 heavy (non-hydrogen) atoms. The van der Waals surface area contributed by atoms with Gasteiger partial charge < -0.3 is 29.2 Å². The first-order chi connectivity index (χ1) is 22.7. The van der Waals surface area contributed by atoms with Crippen LogP contribution in [-0.4, -0.2) is 72.8 Å². The Morgan fingerprint density at radius 2 is 1.83 bits per heavy atom. The van der Waals surface area contributed by atoms with Gasteiger partial charge in [-0.1, -0.05) is 0 Å². The van der Waals surface area contributed by atoms with E-state index in [4.69, 9.17) is 4.74 Å². The fraction of sp³-hybridized carbons (Fsp3) is 0.400. The summed E-state index contributed by atoms with van der Waals surface area (Å²) in [4.78, 5) is 52.7. The van der Waals surface area contributed by atoms with Gasteiger partial charge in [0.25, 0.3) is 17.4 Å². The van der Waals surface area contributed by atoms with E-state index in [1.807, 2.05) is 24.8 Å². The molecule has 0 spiro atoms. The molecule has 2 aliphatic heterocycles. The van der Waals surface area contributed by atoms with Gasteiger partial charge in [-0.25, -0.2) is 9.97 Å². The molecule has 0 unspecified atom stereocenters. The molecule has 1 fully saturated rings. The maximum Gasteiger partial charge on any atom is 0.276 e. The average molecular weight is 638 g/mol. The van der Waals surface area contributed by atoms with Gasteiger partial charge in [-0.15, -0.1) is 0 Å². The van der Waals surface area contributed by atoms with E-state index in [1.165, 1.54) is 22.0 Å². The van der Waals surface area contributed by atoms with Gasteiger partial charge in [-0.05, 0) is 81.0 Å². The Labute approximate surface area is 272 Å². The summed E-state index contributed by atoms with van der Waals surface area (Å²) in [6, 6.07) is 8.79. The number of carbonyl (C=O) groups is 2. The lowest BCUT2D eigenvalue weighted by Crippen LogP contribution is -2.52. The summed E-state index contributed by atoms with van der Waals surface area (Å²) in [5.41, 5.74) is 5.46. The molecule has 12 nitrogen and oxygen atoms in total. The fourth-order valence-electron chi connectivity index (χ4n) is 7.21. The molecule has 0 aromatic carbocycles. The van der Waals surface area contributed by atoms with E-state index in [-0.39, 0.29) is 41.8 Å². The highest BCUT2D eigenvalue weighted by molar-refractivity contribution is 6.06. The molecular formula is C35H39N7O5. The molecule has 4 aromatic heterocycles. The van der Waals surface area contributed by atoms with Gasteiger partial charge in [0, 0.05) is 55.5 Å². The minimum absolute atomic E-state index is 0.0443. The van der Waals surface area contributed by atoms with Crippen LogP contribution < -0.4 is 15.8 Å². The van der Waals surface area contributed by atoms with Gasteiger partial charge in [0.2, 0.25) is 0 Å². The SMILES string of the molecule is C[C@@H]1COC[C@H](C)N1C(=O)c1ccc(Nc2cc(-c3ccnc(N4CCn5c(cc6c5CCCC6)C4=O)c3CO)cn(C)c2=O)nc1. The molecule has 1 aliphatic carbocycles. The number of ether oxygens (including phenoxy) is 1. The van der Waals surface area contributed by atoms with Crippen molar-refractivity contribution in [3.8, 4) is 11.1 Å². The highest BCUT2D eigenvalue weighted by Gasteiger charge is 2.33. The number of rotatable bonds is 6. The Kier molecular flexibility index (Phi) is 8.15. The second-order valence-electron chi connectivity index (χ2n) is 12.7. The number of hydrogen-bond donors (Lipinski definition) is 2. The van der Waals surface area contributed by atoms with E-state index in [0.717, 1.165) is 25.7 Å². The predicted octanol–water partition coefficient (Wildman–Crippen LogP) is 3.67. The summed E-state index contributed by atoms with van der Waals surface area (Å²) < 4.78 is 9.17. The number of nitrogens with one attached hydrogen (secondary N) is 1. The molecule has 2 amide bonds. The number of aryl methyl sites for hydroxylation is 2. The average Bonchev–Trinajstić information content (AvgIpc) is 3.46. The molecule has 244 valence electrons. The molecule has 4 aromatic rings. The summed E-state index contributed by atoms with van der Waals surface area (Å²) in [6.45, 7) is 5.67. The van der Waals surface area contributed by atoms with Crippen molar-refractivity contribution in [1.29, 1.82) is 0 Å². The number of carbonyl (C=O) groups excluding carboxylic acids is 2. The van der Waals surface area contributed by atoms with E-state index < -0.39 is 0 Å². The Morgan fingerprint density at radius 1 is 1.04 bits per heavy atom. The van der Waals surface area contributed by atoms with Crippen molar-refractivity contribution in [1.82, 2.24) is 24.0 Å². The first kappa shape index (κ1) is 30.8. The number of aliphatic hydroxyl groups is 1. The van der Waals surface area contributed by atoms with Crippen LogP contribution in [0.15, 0.2) is 53.7 Å². The monoisotopic (exact) mass is 637 g/mol. The third-order valence-corrected chi connectivity index (χ3v) is 9.54. The molecule has 6 heterocycles. The summed E-state index contributed by atoms with van der Waals surface area (Å²) in [7, 11) is 1.65. The van der Waals surface area contributed by atoms with Crippen molar-refractivity contribution in [2.75, 3.05) is 30.0 Å². The zero-order valence-electron chi connectivity index (χ0n) is 26.9. The van der Waals surface area contributed by atoms with Crippen LogP contribution in [-0.2, 0) is 37.8 Å². The smallest absolute Gasteiger partial charge is 0.276 e. The second-order valence-corrected chi connectivity index (χ2v) is 12.7. The molecule has 3 aliphatic rings. The molecule has 7 rings (SSSR count). The summed E-state index contributed by atoms with van der Waals surface area (Å²) in [5.74, 6) is 0.574. The fourth-order valence-corrected chi connectivity index (χ4v) is 7.21. The molecule has 0 radical (unpaired) electrons. The Bertz CT molecular complexity index is 1900. The lowest BCUT2D eigenvalue weighted by Gasteiger charge is -2.38. The van der Waals surface area contributed by atoms with Crippen LogP contribution >= 0.6 is 0 Å². The zero-order valence-corrected chi connectivity index (χ0v) is 26.9. The number of morpholine rings is 1. The van der Waals surface area contributed by atoms with Crippen LogP contribution in [0.1, 0.15) is 64.4 Å². The van der Waals surface area contributed by atoms with E-state index >= 15 is 0 Å². The van der Waals surface area contributed by atoms with E-state index in [2.05, 4.69) is 19.9 Å². The number of hydrogen-bond acceptors (Lipinski definition) is 8. The van der Waals surface area contributed by atoms with E-state index in [1.54, 1.807) is 48.6 Å². The van der Waals surface area contributed by atoms with Crippen molar-refractivity contribution in [3.63, 3.8) is 0 Å². The Morgan fingerprint density at radius 3 is 2.57 bits per heavy atom. The molecular weight excluding hydrogens is 598 g/mol. The largest absolute Gasteiger partial charge is 0.392 e. The molecule has 0 bridgehead atoms. The summed E-state index contributed by atoms with van der Waals surface area (Å²) in [5, 5.41) is 13.7. The summed E-state index contributed by atoms with van der Waals surface area (Å²) >= 11 is 0. The van der Waals surface area contributed by atoms with E-state index in [9.17, 15) is 19.5 Å². The minimum Gasteiger partial charge on any atom is -0.392 e. The number of nitrogens with zero attached hydrogens (tertiary/aromatic N) is 6. The van der Waals surface area contributed by atoms with Crippen molar-refractivity contribution in [2.24, 2.45) is 7.05 Å². The van der Waals surface area contributed by atoms with Gasteiger partial charge in [0.1, 0.15) is 23.0 Å². The maximum absolute atomic E-state index is 13.8. The van der Waals surface area contributed by atoms with Crippen molar-refractivity contribution in [2.45, 2.75) is 64.8 Å². The number of aliphatic hydroxyl groups excluding tert-OH is 1. The van der Waals surface area contributed by atoms with Gasteiger partial charge in [-0.3, -0.25) is 19.3 Å². The molecule has 12 heteroatoms. The topological polar surface area (TPSA) is 135 Å². The van der Waals surface area contributed by atoms with Crippen LogP contribution in [0.2, 0.25) is 0 Å². The number of amides is 2. The number of anilines is 3. The summed E-state index contributed by atoms with van der Waals surface area (Å²) in [6.07, 6.45) is 9.09. The van der Waals surface area contributed by atoms with E-state index in [0.29, 0.717) is 65.9 Å². The van der Waals surface area contributed by atoms with Crippen molar-refractivity contribution in [3.05, 3.63) is 87.4 Å². The quantitative estimate of drug-likeness (QED) is 0.327. The third kappa shape index (κ3) is 5.51. The van der Waals surface area contributed by atoms with Crippen LogP contribution in [0.4, 0.5) is 17.3 Å². The third-order valence-electron chi connectivity index (χ3n) is 9.54. The number of aromatic nitrogens is 4. The number of pyridine rings is 3. The molecule has 0 saturated carbocycles. The number of fused-ring (bicyclic) bond motifs is 3. The second kappa shape index (κ2) is 12.4. The highest BCUT2D eigenvalue weighted by atomic mass is 16.5.